The molecule has 3 aliphatic heterocycles. The molecule has 0 aromatic carbocycles. The lowest BCUT2D eigenvalue weighted by Gasteiger charge is -2.28. The van der Waals surface area contributed by atoms with Crippen LogP contribution in [0.1, 0.15) is 19.8 Å². The fourth-order valence-electron chi connectivity index (χ4n) is 3.50. The van der Waals surface area contributed by atoms with Crippen LogP contribution in [-0.2, 0) is 19.5 Å². The number of primary sulfonamides is 1. The minimum absolute atomic E-state index is 0.0913. The Morgan fingerprint density at radius 2 is 2.17 bits per heavy atom. The van der Waals surface area contributed by atoms with Crippen molar-refractivity contribution in [2.24, 2.45) is 15.9 Å². The van der Waals surface area contributed by atoms with Crippen LogP contribution in [0.15, 0.2) is 64.0 Å². The van der Waals surface area contributed by atoms with Gasteiger partial charge in [-0.15, -0.1) is 11.8 Å². The molecule has 0 spiro atoms. The zero-order valence-corrected chi connectivity index (χ0v) is 18.3. The monoisotopic (exact) mass is 451 g/mol. The number of fused-ring (bicyclic) bond motifs is 2. The first-order valence-corrected chi connectivity index (χ1v) is 12.2. The lowest BCUT2D eigenvalue weighted by Crippen LogP contribution is -2.40. The summed E-state index contributed by atoms with van der Waals surface area (Å²) < 4.78 is 34.2. The number of thioether (sulfide) groups is 1. The number of nitrogens with two attached hydrogens (primary N) is 2. The maximum atomic E-state index is 11.6. The first-order chi connectivity index (χ1) is 14.2. The van der Waals surface area contributed by atoms with Crippen molar-refractivity contribution in [1.82, 2.24) is 10.2 Å². The molecule has 11 heteroatoms. The van der Waals surface area contributed by atoms with Crippen molar-refractivity contribution in [3.05, 3.63) is 59.0 Å². The number of nitrogens with one attached hydrogen (secondary N) is 1. The molecule has 9 nitrogen and oxygen atoms in total. The van der Waals surface area contributed by atoms with Gasteiger partial charge < -0.3 is 25.4 Å². The van der Waals surface area contributed by atoms with Gasteiger partial charge >= 0.3 is 0 Å². The first-order valence-electron chi connectivity index (χ1n) is 9.57. The van der Waals surface area contributed by atoms with Crippen molar-refractivity contribution in [2.45, 2.75) is 30.5 Å². The van der Waals surface area contributed by atoms with Crippen LogP contribution in [0.25, 0.3) is 0 Å². The number of ether oxygens (including phenoxy) is 2. The number of sulfonamides is 1. The van der Waals surface area contributed by atoms with Crippen LogP contribution < -0.4 is 16.2 Å². The molecule has 162 valence electrons. The Kier molecular flexibility index (Phi) is 5.60. The molecule has 2 saturated heterocycles. The van der Waals surface area contributed by atoms with Gasteiger partial charge in [0.2, 0.25) is 16.8 Å². The fraction of sp³-hybridized carbons (Fsp3) is 0.421. The topological polar surface area (TPSA) is 132 Å². The van der Waals surface area contributed by atoms with Gasteiger partial charge in [0.05, 0.1) is 16.7 Å². The molecule has 2 atom stereocenters. The summed E-state index contributed by atoms with van der Waals surface area (Å²) in [7, 11) is -3.64. The van der Waals surface area contributed by atoms with E-state index in [1.165, 1.54) is 0 Å². The predicted molar refractivity (Wildman–Crippen MR) is 117 cm³/mol. The van der Waals surface area contributed by atoms with Crippen molar-refractivity contribution in [3.63, 3.8) is 0 Å². The van der Waals surface area contributed by atoms with E-state index >= 15 is 0 Å². The van der Waals surface area contributed by atoms with E-state index in [4.69, 9.17) is 20.3 Å². The number of hydrogen-bond donors (Lipinski definition) is 3. The van der Waals surface area contributed by atoms with E-state index in [2.05, 4.69) is 23.8 Å². The van der Waals surface area contributed by atoms with E-state index in [-0.39, 0.29) is 29.8 Å². The number of aliphatic imine (C=N–C) groups is 1. The molecule has 2 fully saturated rings. The Bertz CT molecular complexity index is 1030. The van der Waals surface area contributed by atoms with Gasteiger partial charge in [0.25, 0.3) is 0 Å². The van der Waals surface area contributed by atoms with E-state index in [0.29, 0.717) is 29.5 Å². The summed E-state index contributed by atoms with van der Waals surface area (Å²) in [4.78, 5) is 6.51. The zero-order chi connectivity index (χ0) is 21.5. The third-order valence-corrected chi connectivity index (χ3v) is 7.27. The van der Waals surface area contributed by atoms with Crippen molar-refractivity contribution in [3.8, 4) is 0 Å². The van der Waals surface area contributed by atoms with Gasteiger partial charge in [-0.25, -0.2) is 18.5 Å². The molecule has 1 aliphatic carbocycles. The lowest BCUT2D eigenvalue weighted by atomic mass is 10.1. The minimum Gasteiger partial charge on any atom is -0.454 e. The Morgan fingerprint density at radius 3 is 2.90 bits per heavy atom. The molecule has 5 N–H and O–H groups in total. The van der Waals surface area contributed by atoms with Crippen molar-refractivity contribution in [2.75, 3.05) is 19.1 Å². The van der Waals surface area contributed by atoms with E-state index in [1.54, 1.807) is 11.8 Å². The second-order valence-corrected chi connectivity index (χ2v) is 10.3. The smallest absolute Gasteiger partial charge is 0.231 e. The van der Waals surface area contributed by atoms with Crippen LogP contribution in [0.4, 0.5) is 0 Å². The lowest BCUT2D eigenvalue weighted by molar-refractivity contribution is 0.0978. The summed E-state index contributed by atoms with van der Waals surface area (Å²) in [6.07, 6.45) is 7.09. The van der Waals surface area contributed by atoms with Gasteiger partial charge in [0.1, 0.15) is 0 Å². The molecular formula is C19H25N5O4S2. The number of hydrogen-bond acceptors (Lipinski definition) is 9. The average molecular weight is 452 g/mol. The van der Waals surface area contributed by atoms with E-state index in [9.17, 15) is 8.42 Å². The standard InChI is InChI=1S/C19H25N5O4S2/c1-3-12-7-13(20)17-18(22-9-12)24(4-5-30(21,25)26)19(23-17)29-16-8-15-14(6-11(16)2)27-10-28-15/h6,8-9,16,19,23H,2-5,7,10,20H2,1H3,(H2,21,25,26). The van der Waals surface area contributed by atoms with Crippen LogP contribution >= 0.6 is 11.8 Å². The van der Waals surface area contributed by atoms with Gasteiger partial charge in [-0.2, -0.15) is 0 Å². The van der Waals surface area contributed by atoms with Crippen LogP contribution in [0, 0.1) is 0 Å². The van der Waals surface area contributed by atoms with Crippen LogP contribution in [0.2, 0.25) is 0 Å². The average Bonchev–Trinajstić information content (AvgIpc) is 3.22. The highest BCUT2D eigenvalue weighted by Gasteiger charge is 2.38. The SMILES string of the molecule is C=C1C=C2OCOC2=CC1SC1NC2=C(N)CC(CC)=CN=C2N1CCS(N)(=O)=O. The summed E-state index contributed by atoms with van der Waals surface area (Å²) >= 11 is 1.56. The summed E-state index contributed by atoms with van der Waals surface area (Å²) in [5.74, 6) is 1.80. The van der Waals surface area contributed by atoms with Gasteiger partial charge in [-0.3, -0.25) is 0 Å². The predicted octanol–water partition coefficient (Wildman–Crippen LogP) is 1.17. The largest absolute Gasteiger partial charge is 0.454 e. The summed E-state index contributed by atoms with van der Waals surface area (Å²) in [6.45, 7) is 6.56. The second kappa shape index (κ2) is 8.05. The number of allylic oxidation sites excluding steroid dienone is 2. The third-order valence-electron chi connectivity index (χ3n) is 5.16. The van der Waals surface area contributed by atoms with Crippen molar-refractivity contribution < 1.29 is 17.9 Å². The Morgan fingerprint density at radius 1 is 1.40 bits per heavy atom. The molecule has 0 aromatic rings. The van der Waals surface area contributed by atoms with Gasteiger partial charge in [-0.1, -0.05) is 13.5 Å². The second-order valence-electron chi connectivity index (χ2n) is 7.31. The van der Waals surface area contributed by atoms with Crippen LogP contribution in [0.5, 0.6) is 0 Å². The van der Waals surface area contributed by atoms with E-state index < -0.39 is 10.0 Å². The number of amidine groups is 1. The normalized spacial score (nSPS) is 25.8. The van der Waals surface area contributed by atoms with Gasteiger partial charge in [0.15, 0.2) is 22.9 Å². The van der Waals surface area contributed by atoms with Crippen molar-refractivity contribution in [1.29, 1.82) is 0 Å². The van der Waals surface area contributed by atoms with Gasteiger partial charge in [-0.05, 0) is 29.7 Å². The molecule has 2 unspecified atom stereocenters. The van der Waals surface area contributed by atoms with E-state index in [0.717, 1.165) is 23.3 Å². The molecule has 0 radical (unpaired) electrons. The third kappa shape index (κ3) is 4.23. The molecular weight excluding hydrogens is 426 g/mol. The number of nitrogens with zero attached hydrogens (tertiary/aromatic N) is 2. The molecule has 0 amide bonds. The first kappa shape index (κ1) is 20.9. The zero-order valence-electron chi connectivity index (χ0n) is 16.6. The molecule has 4 aliphatic rings. The Labute approximate surface area is 180 Å². The molecule has 30 heavy (non-hydrogen) atoms. The Balaban J connectivity index is 1.62. The van der Waals surface area contributed by atoms with E-state index in [1.807, 2.05) is 23.3 Å². The summed E-state index contributed by atoms with van der Waals surface area (Å²) in [6, 6.07) is 0. The fourth-order valence-corrected chi connectivity index (χ4v) is 5.21. The highest BCUT2D eigenvalue weighted by molar-refractivity contribution is 8.00. The molecule has 0 bridgehead atoms. The van der Waals surface area contributed by atoms with Gasteiger partial charge in [0, 0.05) is 24.9 Å². The Hall–Kier alpha value is -2.37. The molecule has 0 saturated carbocycles. The van der Waals surface area contributed by atoms with Crippen LogP contribution in [0.3, 0.4) is 0 Å². The van der Waals surface area contributed by atoms with Crippen molar-refractivity contribution >= 4 is 27.6 Å². The summed E-state index contributed by atoms with van der Waals surface area (Å²) in [5, 5.41) is 8.59. The quantitative estimate of drug-likeness (QED) is 0.548. The highest BCUT2D eigenvalue weighted by Crippen LogP contribution is 2.38. The van der Waals surface area contributed by atoms with Crippen LogP contribution in [-0.4, -0.2) is 49.0 Å². The molecule has 4 rings (SSSR count). The maximum absolute atomic E-state index is 11.6. The number of rotatable bonds is 6. The molecule has 0 aromatic heterocycles. The molecule has 3 heterocycles. The maximum Gasteiger partial charge on any atom is 0.231 e. The highest BCUT2D eigenvalue weighted by atomic mass is 32.2. The summed E-state index contributed by atoms with van der Waals surface area (Å²) in [5.41, 5.74) is 9.45. The minimum atomic E-state index is -3.64.